The van der Waals surface area contributed by atoms with Crippen LogP contribution in [-0.2, 0) is 6.54 Å². The first-order valence-electron chi connectivity index (χ1n) is 9.43. The number of aromatic nitrogens is 4. The molecular weight excluding hydrogens is 402 g/mol. The molecule has 1 N–H and O–H groups in total. The number of halogens is 1. The number of carbonyl (C=O) groups excluding carboxylic acids is 1. The van der Waals surface area contributed by atoms with Gasteiger partial charge in [0.05, 0.1) is 6.54 Å². The Bertz CT molecular complexity index is 1320. The van der Waals surface area contributed by atoms with Crippen molar-refractivity contribution < 1.29 is 4.79 Å². The van der Waals surface area contributed by atoms with Gasteiger partial charge < -0.3 is 0 Å². The number of aromatic amines is 1. The minimum Gasteiger partial charge on any atom is -0.272 e. The third-order valence-electron chi connectivity index (χ3n) is 5.11. The highest BCUT2D eigenvalue weighted by atomic mass is 35.5. The molecule has 1 amide bonds. The molecular formula is C22H20ClN5O2. The predicted molar refractivity (Wildman–Crippen MR) is 116 cm³/mol. The van der Waals surface area contributed by atoms with Crippen LogP contribution in [0, 0.1) is 20.8 Å². The number of nitrogens with one attached hydrogen (secondary N) is 1. The zero-order valence-electron chi connectivity index (χ0n) is 16.8. The molecule has 0 bridgehead atoms. The molecule has 0 saturated carbocycles. The van der Waals surface area contributed by atoms with Crippen LogP contribution < -0.4 is 10.5 Å². The fraction of sp³-hybridized carbons (Fsp3) is 0.182. The zero-order chi connectivity index (χ0) is 21.4. The van der Waals surface area contributed by atoms with E-state index in [1.807, 2.05) is 43.3 Å². The molecule has 30 heavy (non-hydrogen) atoms. The van der Waals surface area contributed by atoms with E-state index in [-0.39, 0.29) is 29.7 Å². The van der Waals surface area contributed by atoms with Crippen LogP contribution in [0.5, 0.6) is 0 Å². The minimum atomic E-state index is -0.256. The number of amides is 1. The van der Waals surface area contributed by atoms with Crippen LogP contribution in [0.3, 0.4) is 0 Å². The molecule has 0 saturated heterocycles. The summed E-state index contributed by atoms with van der Waals surface area (Å²) < 4.78 is 1.25. The summed E-state index contributed by atoms with van der Waals surface area (Å²) in [5.74, 6) is 0.172. The summed E-state index contributed by atoms with van der Waals surface area (Å²) in [5, 5.41) is 3.47. The molecule has 2 aromatic heterocycles. The topological polar surface area (TPSA) is 83.4 Å². The number of hydrogen-bond acceptors (Lipinski definition) is 4. The van der Waals surface area contributed by atoms with Gasteiger partial charge in [-0.05, 0) is 44.0 Å². The lowest BCUT2D eigenvalue weighted by molar-refractivity contribution is 0.0983. The molecule has 0 fully saturated rings. The third kappa shape index (κ3) is 3.48. The summed E-state index contributed by atoms with van der Waals surface area (Å²) in [6, 6.07) is 14.6. The number of nitrogens with zero attached hydrogens (tertiary/aromatic N) is 4. The van der Waals surface area contributed by atoms with Crippen molar-refractivity contribution in [3.63, 3.8) is 0 Å². The van der Waals surface area contributed by atoms with E-state index in [9.17, 15) is 9.59 Å². The van der Waals surface area contributed by atoms with E-state index in [4.69, 9.17) is 11.6 Å². The maximum atomic E-state index is 13.5. The predicted octanol–water partition coefficient (Wildman–Crippen LogP) is 3.84. The van der Waals surface area contributed by atoms with Gasteiger partial charge in [0.1, 0.15) is 0 Å². The first kappa shape index (κ1) is 19.8. The molecule has 4 aromatic rings. The number of H-pyrrole nitrogens is 1. The first-order chi connectivity index (χ1) is 14.4. The molecule has 0 radical (unpaired) electrons. The molecule has 4 rings (SSSR count). The van der Waals surface area contributed by atoms with Crippen molar-refractivity contribution in [2.45, 2.75) is 27.3 Å². The first-order valence-corrected chi connectivity index (χ1v) is 9.81. The highest BCUT2D eigenvalue weighted by Gasteiger charge is 2.24. The van der Waals surface area contributed by atoms with E-state index in [1.165, 1.54) is 9.42 Å². The van der Waals surface area contributed by atoms with Crippen molar-refractivity contribution in [2.75, 3.05) is 4.90 Å². The third-order valence-corrected chi connectivity index (χ3v) is 5.48. The van der Waals surface area contributed by atoms with Crippen molar-refractivity contribution in [1.29, 1.82) is 0 Å². The molecule has 0 aliphatic heterocycles. The van der Waals surface area contributed by atoms with Gasteiger partial charge in [-0.3, -0.25) is 19.6 Å². The lowest BCUT2D eigenvalue weighted by atomic mass is 10.1. The Hall–Kier alpha value is -3.45. The van der Waals surface area contributed by atoms with Crippen molar-refractivity contribution in [3.8, 4) is 0 Å². The summed E-state index contributed by atoms with van der Waals surface area (Å²) in [4.78, 5) is 36.4. The number of rotatable bonds is 4. The molecule has 0 aliphatic rings. The van der Waals surface area contributed by atoms with Crippen LogP contribution in [-0.4, -0.2) is 25.5 Å². The van der Waals surface area contributed by atoms with E-state index < -0.39 is 0 Å². The molecule has 8 heteroatoms. The van der Waals surface area contributed by atoms with Gasteiger partial charge in [-0.2, -0.15) is 9.50 Å². The zero-order valence-corrected chi connectivity index (χ0v) is 17.6. The molecule has 2 heterocycles. The van der Waals surface area contributed by atoms with Gasteiger partial charge in [-0.15, -0.1) is 0 Å². The number of hydrogen-bond donors (Lipinski definition) is 1. The SMILES string of the molecule is Cc1ccccc1C(=O)N(Cc1ccccc1Cl)c1nc2nc(C)c(C)c(=O)n2[nH]1. The van der Waals surface area contributed by atoms with Crippen molar-refractivity contribution in [3.05, 3.63) is 91.9 Å². The Morgan fingerprint density at radius 1 is 1.07 bits per heavy atom. The molecule has 0 atom stereocenters. The number of fused-ring (bicyclic) bond motifs is 1. The average Bonchev–Trinajstić information content (AvgIpc) is 3.15. The lowest BCUT2D eigenvalue weighted by Crippen LogP contribution is -2.32. The highest BCUT2D eigenvalue weighted by molar-refractivity contribution is 6.31. The summed E-state index contributed by atoms with van der Waals surface area (Å²) in [5.41, 5.74) is 3.00. The summed E-state index contributed by atoms with van der Waals surface area (Å²) in [6.07, 6.45) is 0. The van der Waals surface area contributed by atoms with Gasteiger partial charge in [0.2, 0.25) is 5.95 Å². The second-order valence-corrected chi connectivity index (χ2v) is 7.51. The van der Waals surface area contributed by atoms with Gasteiger partial charge in [-0.1, -0.05) is 48.0 Å². The largest absolute Gasteiger partial charge is 0.277 e. The van der Waals surface area contributed by atoms with Gasteiger partial charge in [0, 0.05) is 21.8 Å². The van der Waals surface area contributed by atoms with Crippen molar-refractivity contribution in [1.82, 2.24) is 19.6 Å². The Balaban J connectivity index is 1.87. The van der Waals surface area contributed by atoms with Gasteiger partial charge >= 0.3 is 0 Å². The van der Waals surface area contributed by atoms with Gasteiger partial charge in [-0.25, -0.2) is 4.98 Å². The Kier molecular flexibility index (Phi) is 5.13. The maximum Gasteiger partial charge on any atom is 0.277 e. The van der Waals surface area contributed by atoms with Crippen molar-refractivity contribution in [2.24, 2.45) is 0 Å². The van der Waals surface area contributed by atoms with Crippen LogP contribution >= 0.6 is 11.6 Å². The maximum absolute atomic E-state index is 13.5. The van der Waals surface area contributed by atoms with Crippen LogP contribution in [0.15, 0.2) is 53.3 Å². The van der Waals surface area contributed by atoms with E-state index >= 15 is 0 Å². The van der Waals surface area contributed by atoms with Crippen LogP contribution in [0.1, 0.15) is 32.7 Å². The summed E-state index contributed by atoms with van der Waals surface area (Å²) in [7, 11) is 0. The Labute approximate surface area is 178 Å². The number of anilines is 1. The lowest BCUT2D eigenvalue weighted by Gasteiger charge is -2.21. The molecule has 7 nitrogen and oxygen atoms in total. The van der Waals surface area contributed by atoms with Gasteiger partial charge in [0.15, 0.2) is 0 Å². The van der Waals surface area contributed by atoms with Crippen LogP contribution in [0.2, 0.25) is 5.02 Å². The molecule has 152 valence electrons. The number of aryl methyl sites for hydroxylation is 2. The van der Waals surface area contributed by atoms with E-state index in [0.717, 1.165) is 11.1 Å². The molecule has 0 spiro atoms. The molecule has 2 aromatic carbocycles. The molecule has 0 aliphatic carbocycles. The average molecular weight is 422 g/mol. The Morgan fingerprint density at radius 2 is 1.77 bits per heavy atom. The van der Waals surface area contributed by atoms with E-state index in [0.29, 0.717) is 21.8 Å². The quantitative estimate of drug-likeness (QED) is 0.542. The monoisotopic (exact) mass is 421 g/mol. The number of benzene rings is 2. The standard InChI is InChI=1S/C22H20ClN5O2/c1-13-8-4-6-10-17(13)20(30)27(12-16-9-5-7-11-18(16)23)22-25-21-24-15(3)14(2)19(29)28(21)26-22/h4-11H,12H2,1-3H3,(H,24,25,26). The molecule has 0 unspecified atom stereocenters. The number of carbonyl (C=O) groups is 1. The second kappa shape index (κ2) is 7.76. The highest BCUT2D eigenvalue weighted by Crippen LogP contribution is 2.23. The smallest absolute Gasteiger partial charge is 0.272 e. The summed E-state index contributed by atoms with van der Waals surface area (Å²) in [6.45, 7) is 5.51. The fourth-order valence-corrected chi connectivity index (χ4v) is 3.41. The minimum absolute atomic E-state index is 0.180. The van der Waals surface area contributed by atoms with E-state index in [2.05, 4.69) is 15.1 Å². The van der Waals surface area contributed by atoms with Gasteiger partial charge in [0.25, 0.3) is 17.2 Å². The second-order valence-electron chi connectivity index (χ2n) is 7.11. The summed E-state index contributed by atoms with van der Waals surface area (Å²) >= 11 is 6.35. The van der Waals surface area contributed by atoms with Crippen molar-refractivity contribution >= 4 is 29.2 Å². The normalized spacial score (nSPS) is 11.1. The Morgan fingerprint density at radius 3 is 2.50 bits per heavy atom. The van der Waals surface area contributed by atoms with Crippen LogP contribution in [0.4, 0.5) is 5.95 Å². The fourth-order valence-electron chi connectivity index (χ4n) is 3.21. The van der Waals surface area contributed by atoms with E-state index in [1.54, 1.807) is 26.0 Å². The van der Waals surface area contributed by atoms with Crippen LogP contribution in [0.25, 0.3) is 5.78 Å².